The Morgan fingerprint density at radius 2 is 2.07 bits per heavy atom. The topological polar surface area (TPSA) is 66.4 Å². The normalized spacial score (nSPS) is 24.8. The van der Waals surface area contributed by atoms with Crippen LogP contribution in [0.1, 0.15) is 25.7 Å². The zero-order chi connectivity index (χ0) is 11.3. The second kappa shape index (κ2) is 5.53. The Hall–Kier alpha value is -1.32. The van der Waals surface area contributed by atoms with Crippen molar-refractivity contribution in [1.29, 1.82) is 0 Å². The standard InChI is InChI=1S/C11H17NO3/c1-2-3-6-12-10(13)8-4-5-9(7-8)11(14)15/h2,8-9H,1,3-7H2,(H,12,13)(H,14,15). The molecule has 0 heterocycles. The van der Waals surface area contributed by atoms with Crippen molar-refractivity contribution in [3.8, 4) is 0 Å². The molecule has 0 aromatic heterocycles. The molecule has 0 spiro atoms. The van der Waals surface area contributed by atoms with E-state index < -0.39 is 5.97 Å². The van der Waals surface area contributed by atoms with Crippen LogP contribution in [0.15, 0.2) is 12.7 Å². The fourth-order valence-electron chi connectivity index (χ4n) is 1.89. The van der Waals surface area contributed by atoms with Gasteiger partial charge >= 0.3 is 5.97 Å². The molecular weight excluding hydrogens is 194 g/mol. The van der Waals surface area contributed by atoms with Crippen molar-refractivity contribution in [2.45, 2.75) is 25.7 Å². The molecule has 1 rings (SSSR count). The minimum absolute atomic E-state index is 0.0133. The molecular formula is C11H17NO3. The van der Waals surface area contributed by atoms with E-state index in [1.165, 1.54) is 0 Å². The third-order valence-electron chi connectivity index (χ3n) is 2.80. The summed E-state index contributed by atoms with van der Waals surface area (Å²) in [6, 6.07) is 0. The van der Waals surface area contributed by atoms with Crippen LogP contribution in [0.25, 0.3) is 0 Å². The maximum absolute atomic E-state index is 11.5. The first-order chi connectivity index (χ1) is 7.15. The lowest BCUT2D eigenvalue weighted by Crippen LogP contribution is -2.30. The molecule has 0 bridgehead atoms. The molecule has 84 valence electrons. The van der Waals surface area contributed by atoms with Crippen LogP contribution in [0, 0.1) is 11.8 Å². The number of carbonyl (C=O) groups excluding carboxylic acids is 1. The second-order valence-electron chi connectivity index (χ2n) is 3.91. The molecule has 0 aromatic carbocycles. The Morgan fingerprint density at radius 3 is 2.60 bits per heavy atom. The van der Waals surface area contributed by atoms with Crippen molar-refractivity contribution in [2.24, 2.45) is 11.8 Å². The molecule has 1 aliphatic rings. The molecule has 1 aliphatic carbocycles. The van der Waals surface area contributed by atoms with E-state index in [9.17, 15) is 9.59 Å². The SMILES string of the molecule is C=CCCNC(=O)C1CCC(C(=O)O)C1. The van der Waals surface area contributed by atoms with E-state index in [4.69, 9.17) is 5.11 Å². The first-order valence-electron chi connectivity index (χ1n) is 5.26. The maximum atomic E-state index is 11.5. The first kappa shape index (κ1) is 11.8. The minimum Gasteiger partial charge on any atom is -0.481 e. The van der Waals surface area contributed by atoms with Crippen LogP contribution in [0.2, 0.25) is 0 Å². The Kier molecular flexibility index (Phi) is 4.34. The summed E-state index contributed by atoms with van der Waals surface area (Å²) in [5.74, 6) is -1.24. The number of hydrogen-bond donors (Lipinski definition) is 2. The van der Waals surface area contributed by atoms with Gasteiger partial charge in [-0.3, -0.25) is 9.59 Å². The highest BCUT2D eigenvalue weighted by Crippen LogP contribution is 2.30. The van der Waals surface area contributed by atoms with Crippen molar-refractivity contribution >= 4 is 11.9 Å². The van der Waals surface area contributed by atoms with Crippen LogP contribution in [-0.2, 0) is 9.59 Å². The Bertz CT molecular complexity index is 263. The predicted octanol–water partition coefficient (Wildman–Crippen LogP) is 1.18. The van der Waals surface area contributed by atoms with Gasteiger partial charge in [0.2, 0.25) is 5.91 Å². The van der Waals surface area contributed by atoms with E-state index in [2.05, 4.69) is 11.9 Å². The maximum Gasteiger partial charge on any atom is 0.306 e. The minimum atomic E-state index is -0.781. The number of amides is 1. The fourth-order valence-corrected chi connectivity index (χ4v) is 1.89. The summed E-state index contributed by atoms with van der Waals surface area (Å²) in [6.07, 6.45) is 4.29. The molecule has 0 aliphatic heterocycles. The molecule has 1 saturated carbocycles. The molecule has 0 aromatic rings. The predicted molar refractivity (Wildman–Crippen MR) is 56.3 cm³/mol. The quantitative estimate of drug-likeness (QED) is 0.530. The van der Waals surface area contributed by atoms with Gasteiger partial charge in [-0.15, -0.1) is 6.58 Å². The Balaban J connectivity index is 2.30. The number of carbonyl (C=O) groups is 2. The third kappa shape index (κ3) is 3.38. The van der Waals surface area contributed by atoms with E-state index in [0.29, 0.717) is 25.8 Å². The zero-order valence-electron chi connectivity index (χ0n) is 8.74. The lowest BCUT2D eigenvalue weighted by molar-refractivity contribution is -0.141. The van der Waals surface area contributed by atoms with Gasteiger partial charge in [-0.05, 0) is 25.7 Å². The number of hydrogen-bond acceptors (Lipinski definition) is 2. The van der Waals surface area contributed by atoms with Crippen LogP contribution in [0.5, 0.6) is 0 Å². The van der Waals surface area contributed by atoms with Gasteiger partial charge in [0.15, 0.2) is 0 Å². The number of carboxylic acid groups (broad SMARTS) is 1. The van der Waals surface area contributed by atoms with Crippen molar-refractivity contribution in [3.05, 3.63) is 12.7 Å². The summed E-state index contributed by atoms with van der Waals surface area (Å²) < 4.78 is 0. The fraction of sp³-hybridized carbons (Fsp3) is 0.636. The van der Waals surface area contributed by atoms with Gasteiger partial charge in [0.05, 0.1) is 5.92 Å². The molecule has 1 fully saturated rings. The van der Waals surface area contributed by atoms with Crippen molar-refractivity contribution < 1.29 is 14.7 Å². The van der Waals surface area contributed by atoms with Crippen LogP contribution in [0.4, 0.5) is 0 Å². The monoisotopic (exact) mass is 211 g/mol. The van der Waals surface area contributed by atoms with E-state index >= 15 is 0 Å². The molecule has 0 radical (unpaired) electrons. The summed E-state index contributed by atoms with van der Waals surface area (Å²) in [4.78, 5) is 22.2. The van der Waals surface area contributed by atoms with Crippen LogP contribution in [-0.4, -0.2) is 23.5 Å². The lowest BCUT2D eigenvalue weighted by Gasteiger charge is -2.09. The number of rotatable bonds is 5. The number of nitrogens with one attached hydrogen (secondary N) is 1. The Morgan fingerprint density at radius 1 is 1.40 bits per heavy atom. The average molecular weight is 211 g/mol. The molecule has 0 saturated heterocycles. The van der Waals surface area contributed by atoms with Crippen LogP contribution < -0.4 is 5.32 Å². The molecule has 2 unspecified atom stereocenters. The highest BCUT2D eigenvalue weighted by Gasteiger charge is 2.33. The van der Waals surface area contributed by atoms with Crippen LogP contribution in [0.3, 0.4) is 0 Å². The average Bonchev–Trinajstić information content (AvgIpc) is 2.66. The van der Waals surface area contributed by atoms with Gasteiger partial charge in [0, 0.05) is 12.5 Å². The molecule has 2 atom stereocenters. The highest BCUT2D eigenvalue weighted by atomic mass is 16.4. The summed E-state index contributed by atoms with van der Waals surface area (Å²) >= 11 is 0. The smallest absolute Gasteiger partial charge is 0.306 e. The van der Waals surface area contributed by atoms with Gasteiger partial charge in [-0.1, -0.05) is 6.08 Å². The van der Waals surface area contributed by atoms with Crippen molar-refractivity contribution in [2.75, 3.05) is 6.54 Å². The summed E-state index contributed by atoms with van der Waals surface area (Å²) in [5, 5.41) is 11.6. The summed E-state index contributed by atoms with van der Waals surface area (Å²) in [5.41, 5.74) is 0. The van der Waals surface area contributed by atoms with Gasteiger partial charge in [0.25, 0.3) is 0 Å². The molecule has 1 amide bonds. The second-order valence-corrected chi connectivity index (χ2v) is 3.91. The largest absolute Gasteiger partial charge is 0.481 e. The van der Waals surface area contributed by atoms with Gasteiger partial charge in [-0.2, -0.15) is 0 Å². The molecule has 2 N–H and O–H groups in total. The van der Waals surface area contributed by atoms with Gasteiger partial charge in [-0.25, -0.2) is 0 Å². The van der Waals surface area contributed by atoms with Gasteiger partial charge in [0.1, 0.15) is 0 Å². The lowest BCUT2D eigenvalue weighted by atomic mass is 10.0. The molecule has 4 nitrogen and oxygen atoms in total. The summed E-state index contributed by atoms with van der Waals surface area (Å²) in [7, 11) is 0. The Labute approximate surface area is 89.4 Å². The van der Waals surface area contributed by atoms with Crippen LogP contribution >= 0.6 is 0 Å². The van der Waals surface area contributed by atoms with E-state index in [1.54, 1.807) is 6.08 Å². The van der Waals surface area contributed by atoms with E-state index in [1.807, 2.05) is 0 Å². The number of carboxylic acids is 1. The van der Waals surface area contributed by atoms with Crippen molar-refractivity contribution in [3.63, 3.8) is 0 Å². The molecule has 4 heteroatoms. The highest BCUT2D eigenvalue weighted by molar-refractivity contribution is 5.80. The van der Waals surface area contributed by atoms with Crippen molar-refractivity contribution in [1.82, 2.24) is 5.32 Å². The van der Waals surface area contributed by atoms with E-state index in [-0.39, 0.29) is 17.7 Å². The third-order valence-corrected chi connectivity index (χ3v) is 2.80. The zero-order valence-corrected chi connectivity index (χ0v) is 8.74. The first-order valence-corrected chi connectivity index (χ1v) is 5.26. The summed E-state index contributed by atoms with van der Waals surface area (Å²) in [6.45, 7) is 4.16. The van der Waals surface area contributed by atoms with E-state index in [0.717, 1.165) is 6.42 Å². The van der Waals surface area contributed by atoms with Gasteiger partial charge < -0.3 is 10.4 Å². The molecule has 15 heavy (non-hydrogen) atoms. The number of aliphatic carboxylic acids is 1.